The monoisotopic (exact) mass is 389 g/mol. The highest BCUT2D eigenvalue weighted by Crippen LogP contribution is 2.23. The second-order valence-corrected chi connectivity index (χ2v) is 6.79. The number of nitrogens with zero attached hydrogens (tertiary/aromatic N) is 2. The lowest BCUT2D eigenvalue weighted by molar-refractivity contribution is -0.104. The zero-order valence-corrected chi connectivity index (χ0v) is 16.0. The average Bonchev–Trinajstić information content (AvgIpc) is 2.75. The lowest BCUT2D eigenvalue weighted by Gasteiger charge is -2.30. The van der Waals surface area contributed by atoms with Gasteiger partial charge in [0.1, 0.15) is 17.3 Å². The van der Waals surface area contributed by atoms with E-state index in [1.54, 1.807) is 29.2 Å². The van der Waals surface area contributed by atoms with Gasteiger partial charge in [-0.1, -0.05) is 30.3 Å². The van der Waals surface area contributed by atoms with Crippen LogP contribution in [0, 0.1) is 16.9 Å². The number of aldehydes is 1. The SMILES string of the molecule is N#CN1CCCC(N/C(N)=C(/C=O)C(=N)c2cccc(Oc3ccccc3)c2)C1. The molecule has 0 bridgehead atoms. The maximum Gasteiger partial charge on any atom is 0.179 e. The molecule has 0 spiro atoms. The minimum absolute atomic E-state index is 0.0106. The van der Waals surface area contributed by atoms with E-state index in [0.29, 0.717) is 29.9 Å². The smallest absolute Gasteiger partial charge is 0.179 e. The van der Waals surface area contributed by atoms with Crippen LogP contribution in [-0.4, -0.2) is 36.0 Å². The van der Waals surface area contributed by atoms with Crippen LogP contribution in [0.2, 0.25) is 0 Å². The second kappa shape index (κ2) is 9.42. The molecule has 0 amide bonds. The van der Waals surface area contributed by atoms with E-state index in [0.717, 1.165) is 19.4 Å². The summed E-state index contributed by atoms with van der Waals surface area (Å²) in [6.07, 6.45) is 4.43. The molecule has 0 aromatic heterocycles. The number of carbonyl (C=O) groups excluding carboxylic acids is 1. The van der Waals surface area contributed by atoms with Gasteiger partial charge in [0, 0.05) is 24.7 Å². The molecule has 0 radical (unpaired) electrons. The van der Waals surface area contributed by atoms with Gasteiger partial charge < -0.3 is 20.7 Å². The lowest BCUT2D eigenvalue weighted by Crippen LogP contribution is -2.45. The first-order valence-electron chi connectivity index (χ1n) is 9.39. The highest BCUT2D eigenvalue weighted by atomic mass is 16.5. The minimum Gasteiger partial charge on any atom is -0.457 e. The summed E-state index contributed by atoms with van der Waals surface area (Å²) in [6, 6.07) is 16.3. The van der Waals surface area contributed by atoms with Crippen molar-refractivity contribution in [3.63, 3.8) is 0 Å². The van der Waals surface area contributed by atoms with Crippen molar-refractivity contribution in [2.24, 2.45) is 5.73 Å². The first-order valence-corrected chi connectivity index (χ1v) is 9.39. The predicted octanol–water partition coefficient (Wildman–Crippen LogP) is 2.75. The Morgan fingerprint density at radius 3 is 2.72 bits per heavy atom. The van der Waals surface area contributed by atoms with Gasteiger partial charge in [0.25, 0.3) is 0 Å². The van der Waals surface area contributed by atoms with Crippen LogP contribution in [0.4, 0.5) is 0 Å². The van der Waals surface area contributed by atoms with Gasteiger partial charge in [0.2, 0.25) is 0 Å². The number of nitrogens with one attached hydrogen (secondary N) is 2. The Morgan fingerprint density at radius 1 is 1.24 bits per heavy atom. The number of allylic oxidation sites excluding steroid dienone is 1. The first-order chi connectivity index (χ1) is 14.1. The van der Waals surface area contributed by atoms with E-state index in [9.17, 15) is 4.79 Å². The predicted molar refractivity (Wildman–Crippen MR) is 110 cm³/mol. The maximum absolute atomic E-state index is 11.7. The lowest BCUT2D eigenvalue weighted by atomic mass is 10.0. The fourth-order valence-electron chi connectivity index (χ4n) is 3.24. The number of ether oxygens (including phenoxy) is 1. The van der Waals surface area contributed by atoms with Crippen LogP contribution < -0.4 is 15.8 Å². The summed E-state index contributed by atoms with van der Waals surface area (Å²) in [6.45, 7) is 1.25. The zero-order chi connectivity index (χ0) is 20.6. The van der Waals surface area contributed by atoms with Crippen LogP contribution in [0.5, 0.6) is 11.5 Å². The van der Waals surface area contributed by atoms with E-state index in [4.69, 9.17) is 21.1 Å². The molecule has 2 aromatic rings. The molecule has 0 saturated carbocycles. The molecule has 1 aliphatic heterocycles. The third-order valence-corrected chi connectivity index (χ3v) is 4.70. The summed E-state index contributed by atoms with van der Waals surface area (Å²) < 4.78 is 5.80. The summed E-state index contributed by atoms with van der Waals surface area (Å²) in [7, 11) is 0. The molecule has 7 heteroatoms. The average molecular weight is 389 g/mol. The van der Waals surface area contributed by atoms with Crippen molar-refractivity contribution in [3.8, 4) is 17.7 Å². The fraction of sp³-hybridized carbons (Fsp3) is 0.227. The van der Waals surface area contributed by atoms with Crippen LogP contribution in [0.1, 0.15) is 18.4 Å². The van der Waals surface area contributed by atoms with E-state index < -0.39 is 0 Å². The highest BCUT2D eigenvalue weighted by molar-refractivity contribution is 6.22. The molecule has 1 saturated heterocycles. The second-order valence-electron chi connectivity index (χ2n) is 6.79. The van der Waals surface area contributed by atoms with Crippen LogP contribution in [0.25, 0.3) is 0 Å². The van der Waals surface area contributed by atoms with Crippen LogP contribution in [0.3, 0.4) is 0 Å². The molecule has 1 heterocycles. The Bertz CT molecular complexity index is 949. The van der Waals surface area contributed by atoms with Gasteiger partial charge in [-0.05, 0) is 37.1 Å². The zero-order valence-electron chi connectivity index (χ0n) is 16.0. The molecule has 7 nitrogen and oxygen atoms in total. The quantitative estimate of drug-likeness (QED) is 0.290. The van der Waals surface area contributed by atoms with Gasteiger partial charge in [-0.25, -0.2) is 0 Å². The Labute approximate surface area is 169 Å². The third-order valence-electron chi connectivity index (χ3n) is 4.70. The van der Waals surface area contributed by atoms with E-state index in [1.165, 1.54) is 0 Å². The van der Waals surface area contributed by atoms with E-state index in [-0.39, 0.29) is 23.1 Å². The van der Waals surface area contributed by atoms with Gasteiger partial charge >= 0.3 is 0 Å². The standard InChI is InChI=1S/C22H23N5O2/c23-15-27-11-5-7-17(13-27)26-22(25)20(14-28)21(24)16-6-4-10-19(12-16)29-18-8-2-1-3-9-18/h1-4,6,8-10,12,14,17,24,26H,5,7,11,13,25H2/b22-20-,24-21?. The molecule has 29 heavy (non-hydrogen) atoms. The molecule has 3 rings (SSSR count). The van der Waals surface area contributed by atoms with Crippen molar-refractivity contribution in [1.82, 2.24) is 10.2 Å². The van der Waals surface area contributed by atoms with Crippen LogP contribution >= 0.6 is 0 Å². The van der Waals surface area contributed by atoms with E-state index in [1.807, 2.05) is 30.3 Å². The molecular weight excluding hydrogens is 366 g/mol. The minimum atomic E-state index is -0.0427. The van der Waals surface area contributed by atoms with Gasteiger partial charge in [-0.3, -0.25) is 10.2 Å². The summed E-state index contributed by atoms with van der Waals surface area (Å²) in [4.78, 5) is 13.3. The summed E-state index contributed by atoms with van der Waals surface area (Å²) in [5, 5.41) is 20.6. The van der Waals surface area contributed by atoms with Crippen molar-refractivity contribution in [2.45, 2.75) is 18.9 Å². The third kappa shape index (κ3) is 5.14. The number of nitriles is 1. The molecule has 1 unspecified atom stereocenters. The molecule has 148 valence electrons. The van der Waals surface area contributed by atoms with Crippen molar-refractivity contribution in [3.05, 3.63) is 71.6 Å². The number of piperidine rings is 1. The molecular formula is C22H23N5O2. The summed E-state index contributed by atoms with van der Waals surface area (Å²) in [5.74, 6) is 1.39. The maximum atomic E-state index is 11.7. The first kappa shape index (κ1) is 20.0. The molecule has 1 fully saturated rings. The summed E-state index contributed by atoms with van der Waals surface area (Å²) >= 11 is 0. The van der Waals surface area contributed by atoms with Gasteiger partial charge in [0.05, 0.1) is 11.3 Å². The molecule has 2 aromatic carbocycles. The van der Waals surface area contributed by atoms with Gasteiger partial charge in [-0.15, -0.1) is 0 Å². The highest BCUT2D eigenvalue weighted by Gasteiger charge is 2.21. The Hall–Kier alpha value is -3.79. The number of likely N-dealkylation sites (tertiary alicyclic amines) is 1. The number of carbonyl (C=O) groups is 1. The molecule has 1 aliphatic rings. The number of hydrogen-bond acceptors (Lipinski definition) is 7. The fourth-order valence-corrected chi connectivity index (χ4v) is 3.24. The van der Waals surface area contributed by atoms with Crippen molar-refractivity contribution >= 4 is 12.0 Å². The number of para-hydroxylation sites is 1. The Kier molecular flexibility index (Phi) is 6.48. The number of hydrogen-bond donors (Lipinski definition) is 3. The van der Waals surface area contributed by atoms with Crippen LogP contribution in [-0.2, 0) is 4.79 Å². The van der Waals surface area contributed by atoms with E-state index >= 15 is 0 Å². The summed E-state index contributed by atoms with van der Waals surface area (Å²) in [5.41, 5.74) is 6.72. The number of benzene rings is 2. The normalized spacial score (nSPS) is 16.9. The van der Waals surface area contributed by atoms with Crippen molar-refractivity contribution in [2.75, 3.05) is 13.1 Å². The van der Waals surface area contributed by atoms with Gasteiger partial charge in [-0.2, -0.15) is 5.26 Å². The molecule has 0 aliphatic carbocycles. The number of rotatable bonds is 7. The molecule has 4 N–H and O–H groups in total. The topological polar surface area (TPSA) is 115 Å². The van der Waals surface area contributed by atoms with E-state index in [2.05, 4.69) is 11.5 Å². The van der Waals surface area contributed by atoms with Gasteiger partial charge in [0.15, 0.2) is 12.5 Å². The Morgan fingerprint density at radius 2 is 2.00 bits per heavy atom. The van der Waals surface area contributed by atoms with Crippen LogP contribution in [0.15, 0.2) is 66.0 Å². The largest absolute Gasteiger partial charge is 0.457 e. The van der Waals surface area contributed by atoms with Crippen molar-refractivity contribution < 1.29 is 9.53 Å². The Balaban J connectivity index is 1.76. The molecule has 1 atom stereocenters. The number of nitrogens with two attached hydrogens (primary N) is 1. The van der Waals surface area contributed by atoms with Crippen molar-refractivity contribution in [1.29, 1.82) is 10.7 Å².